The van der Waals surface area contributed by atoms with Crippen molar-refractivity contribution in [2.24, 2.45) is 0 Å². The van der Waals surface area contributed by atoms with Crippen molar-refractivity contribution in [3.05, 3.63) is 0 Å². The summed E-state index contributed by atoms with van der Waals surface area (Å²) in [6.07, 6.45) is 3.03. The maximum Gasteiger partial charge on any atom is 0.251 e. The van der Waals surface area contributed by atoms with Gasteiger partial charge in [0.1, 0.15) is 5.75 Å². The molecule has 1 aliphatic heterocycles. The number of hydrogen-bond acceptors (Lipinski definition) is 4. The molecule has 0 bridgehead atoms. The summed E-state index contributed by atoms with van der Waals surface area (Å²) >= 11 is 0. The van der Waals surface area contributed by atoms with Gasteiger partial charge in [-0.2, -0.15) is 0 Å². The van der Waals surface area contributed by atoms with Gasteiger partial charge in [-0.15, -0.1) is 0 Å². The normalized spacial score (nSPS) is 18.7. The SMILES string of the molecule is CS(=O)(=O)CC(=O)N1CCCCN1. The summed E-state index contributed by atoms with van der Waals surface area (Å²) in [7, 11) is -3.20. The predicted octanol–water partition coefficient (Wildman–Crippen LogP) is -0.842. The van der Waals surface area contributed by atoms with Crippen LogP contribution in [-0.2, 0) is 14.6 Å². The van der Waals surface area contributed by atoms with Crippen LogP contribution >= 0.6 is 0 Å². The fraction of sp³-hybridized carbons (Fsp3) is 0.857. The topological polar surface area (TPSA) is 66.5 Å². The third kappa shape index (κ3) is 3.73. The number of carbonyl (C=O) groups excluding carboxylic acids is 1. The molecular formula is C7H14N2O3S. The van der Waals surface area contributed by atoms with E-state index < -0.39 is 15.6 Å². The van der Waals surface area contributed by atoms with E-state index in [1.54, 1.807) is 0 Å². The maximum absolute atomic E-state index is 11.3. The van der Waals surface area contributed by atoms with Crippen molar-refractivity contribution in [2.75, 3.05) is 25.1 Å². The fourth-order valence-corrected chi connectivity index (χ4v) is 1.81. The molecule has 0 aromatic heterocycles. The lowest BCUT2D eigenvalue weighted by molar-refractivity contribution is -0.132. The Balaban J connectivity index is 2.47. The third-order valence-electron chi connectivity index (χ3n) is 1.80. The Bertz CT molecular complexity index is 280. The molecule has 5 nitrogen and oxygen atoms in total. The minimum absolute atomic E-state index is 0.359. The van der Waals surface area contributed by atoms with Crippen LogP contribution in [0.5, 0.6) is 0 Å². The molecule has 1 N–H and O–H groups in total. The molecule has 0 saturated carbocycles. The van der Waals surface area contributed by atoms with Gasteiger partial charge in [0.15, 0.2) is 9.84 Å². The Morgan fingerprint density at radius 3 is 2.62 bits per heavy atom. The van der Waals surface area contributed by atoms with Crippen molar-refractivity contribution in [3.63, 3.8) is 0 Å². The van der Waals surface area contributed by atoms with Crippen LogP contribution < -0.4 is 5.43 Å². The Labute approximate surface area is 78.0 Å². The molecule has 0 aliphatic carbocycles. The minimum atomic E-state index is -3.20. The van der Waals surface area contributed by atoms with Gasteiger partial charge >= 0.3 is 0 Å². The summed E-state index contributed by atoms with van der Waals surface area (Å²) < 4.78 is 21.6. The van der Waals surface area contributed by atoms with Gasteiger partial charge in [0.2, 0.25) is 0 Å². The largest absolute Gasteiger partial charge is 0.277 e. The summed E-state index contributed by atoms with van der Waals surface area (Å²) in [4.78, 5) is 11.3. The van der Waals surface area contributed by atoms with E-state index in [1.165, 1.54) is 5.01 Å². The quantitative estimate of drug-likeness (QED) is 0.639. The van der Waals surface area contributed by atoms with E-state index in [1.807, 2.05) is 0 Å². The summed E-state index contributed by atoms with van der Waals surface area (Å²) in [5.41, 5.74) is 2.86. The highest BCUT2D eigenvalue weighted by molar-refractivity contribution is 7.91. The van der Waals surface area contributed by atoms with E-state index >= 15 is 0 Å². The van der Waals surface area contributed by atoms with Crippen molar-refractivity contribution in [3.8, 4) is 0 Å². The van der Waals surface area contributed by atoms with Crippen LogP contribution in [0.1, 0.15) is 12.8 Å². The lowest BCUT2D eigenvalue weighted by Crippen LogP contribution is -2.49. The average molecular weight is 206 g/mol. The molecule has 1 rings (SSSR count). The lowest BCUT2D eigenvalue weighted by atomic mass is 10.3. The van der Waals surface area contributed by atoms with E-state index in [-0.39, 0.29) is 5.91 Å². The second-order valence-electron chi connectivity index (χ2n) is 3.23. The van der Waals surface area contributed by atoms with Crippen LogP contribution in [0, 0.1) is 0 Å². The zero-order valence-corrected chi connectivity index (χ0v) is 8.43. The molecule has 0 unspecified atom stereocenters. The first-order chi connectivity index (χ1) is 5.99. The van der Waals surface area contributed by atoms with Crippen LogP contribution in [-0.4, -0.2) is 44.4 Å². The van der Waals surface area contributed by atoms with Gasteiger partial charge in [-0.05, 0) is 12.8 Å². The number of amides is 1. The second kappa shape index (κ2) is 4.06. The molecule has 0 radical (unpaired) electrons. The van der Waals surface area contributed by atoms with Crippen molar-refractivity contribution in [1.82, 2.24) is 10.4 Å². The molecule has 1 saturated heterocycles. The molecule has 0 atom stereocenters. The van der Waals surface area contributed by atoms with Gasteiger partial charge in [-0.25, -0.2) is 13.8 Å². The summed E-state index contributed by atoms with van der Waals surface area (Å²) in [5.74, 6) is -0.762. The fourth-order valence-electron chi connectivity index (χ4n) is 1.20. The van der Waals surface area contributed by atoms with E-state index in [4.69, 9.17) is 0 Å². The highest BCUT2D eigenvalue weighted by atomic mass is 32.2. The number of nitrogens with one attached hydrogen (secondary N) is 1. The number of nitrogens with zero attached hydrogens (tertiary/aromatic N) is 1. The Hall–Kier alpha value is -0.620. The summed E-state index contributed by atoms with van der Waals surface area (Å²) in [6, 6.07) is 0. The van der Waals surface area contributed by atoms with Crippen molar-refractivity contribution in [2.45, 2.75) is 12.8 Å². The van der Waals surface area contributed by atoms with Crippen LogP contribution in [0.4, 0.5) is 0 Å². The standard InChI is InChI=1S/C7H14N2O3S/c1-13(11,12)6-7(10)9-5-3-2-4-8-9/h8H,2-6H2,1H3. The molecular weight excluding hydrogens is 192 g/mol. The lowest BCUT2D eigenvalue weighted by Gasteiger charge is -2.27. The molecule has 1 heterocycles. The van der Waals surface area contributed by atoms with E-state index in [0.29, 0.717) is 6.54 Å². The second-order valence-corrected chi connectivity index (χ2v) is 5.37. The van der Waals surface area contributed by atoms with Crippen LogP contribution in [0.3, 0.4) is 0 Å². The first kappa shape index (κ1) is 10.5. The van der Waals surface area contributed by atoms with Crippen LogP contribution in [0.15, 0.2) is 0 Å². The highest BCUT2D eigenvalue weighted by Gasteiger charge is 2.19. The monoisotopic (exact) mass is 206 g/mol. The Morgan fingerprint density at radius 2 is 2.15 bits per heavy atom. The first-order valence-electron chi connectivity index (χ1n) is 4.20. The highest BCUT2D eigenvalue weighted by Crippen LogP contribution is 2.00. The molecule has 0 spiro atoms. The van der Waals surface area contributed by atoms with Crippen molar-refractivity contribution < 1.29 is 13.2 Å². The van der Waals surface area contributed by atoms with Gasteiger partial charge in [-0.3, -0.25) is 9.80 Å². The molecule has 6 heteroatoms. The smallest absolute Gasteiger partial charge is 0.251 e. The summed E-state index contributed by atoms with van der Waals surface area (Å²) in [5, 5.41) is 1.39. The molecule has 1 aliphatic rings. The van der Waals surface area contributed by atoms with Gasteiger partial charge < -0.3 is 0 Å². The van der Waals surface area contributed by atoms with Crippen LogP contribution in [0.25, 0.3) is 0 Å². The molecule has 13 heavy (non-hydrogen) atoms. The molecule has 1 amide bonds. The van der Waals surface area contributed by atoms with E-state index in [2.05, 4.69) is 5.43 Å². The number of hydrogen-bond donors (Lipinski definition) is 1. The molecule has 1 fully saturated rings. The van der Waals surface area contributed by atoms with Gasteiger partial charge in [-0.1, -0.05) is 0 Å². The predicted molar refractivity (Wildman–Crippen MR) is 48.7 cm³/mol. The van der Waals surface area contributed by atoms with Crippen molar-refractivity contribution in [1.29, 1.82) is 0 Å². The zero-order valence-electron chi connectivity index (χ0n) is 7.62. The first-order valence-corrected chi connectivity index (χ1v) is 6.27. The molecule has 0 aromatic rings. The van der Waals surface area contributed by atoms with Gasteiger partial charge in [0.25, 0.3) is 5.91 Å². The molecule has 76 valence electrons. The van der Waals surface area contributed by atoms with Gasteiger partial charge in [0, 0.05) is 19.3 Å². The van der Waals surface area contributed by atoms with Gasteiger partial charge in [0.05, 0.1) is 0 Å². The van der Waals surface area contributed by atoms with Crippen molar-refractivity contribution >= 4 is 15.7 Å². The zero-order chi connectivity index (χ0) is 9.90. The van der Waals surface area contributed by atoms with E-state index in [9.17, 15) is 13.2 Å². The number of hydrazine groups is 1. The summed E-state index contributed by atoms with van der Waals surface area (Å²) in [6.45, 7) is 1.35. The Kier molecular flexibility index (Phi) is 3.27. The Morgan fingerprint density at radius 1 is 1.46 bits per heavy atom. The average Bonchev–Trinajstić information content (AvgIpc) is 2.03. The number of rotatable bonds is 2. The van der Waals surface area contributed by atoms with Crippen LogP contribution in [0.2, 0.25) is 0 Å². The minimum Gasteiger partial charge on any atom is -0.277 e. The maximum atomic E-state index is 11.3. The third-order valence-corrected chi connectivity index (χ3v) is 2.57. The number of sulfone groups is 1. The number of carbonyl (C=O) groups is 1. The van der Waals surface area contributed by atoms with E-state index in [0.717, 1.165) is 25.6 Å². The molecule has 0 aromatic carbocycles.